The minimum absolute atomic E-state index is 0.150. The Hall–Kier alpha value is -1.60. The Morgan fingerprint density at radius 3 is 2.24 bits per heavy atom. The van der Waals surface area contributed by atoms with Gasteiger partial charge in [-0.3, -0.25) is 4.72 Å². The first-order valence-electron chi connectivity index (χ1n) is 6.04. The van der Waals surface area contributed by atoms with E-state index < -0.39 is 20.7 Å². The van der Waals surface area contributed by atoms with Crippen molar-refractivity contribution in [3.05, 3.63) is 51.7 Å². The second-order valence-corrected chi connectivity index (χ2v) is 7.29. The highest BCUT2D eigenvalue weighted by molar-refractivity contribution is 9.10. The second-order valence-electron chi connectivity index (χ2n) is 4.79. The predicted octanol–water partition coefficient (Wildman–Crippen LogP) is 3.59. The SMILES string of the molecule is Cc1cc(C)cc(NS(=O)(=O)c2cc(N)c(Br)cc2F)c1. The van der Waals surface area contributed by atoms with Gasteiger partial charge in [0, 0.05) is 15.8 Å². The fourth-order valence-corrected chi connectivity index (χ4v) is 3.45. The Bertz CT molecular complexity index is 787. The molecule has 0 radical (unpaired) electrons. The number of nitrogen functional groups attached to an aromatic ring is 1. The summed E-state index contributed by atoms with van der Waals surface area (Å²) >= 11 is 3.05. The molecule has 2 aromatic rings. The lowest BCUT2D eigenvalue weighted by atomic mass is 10.1. The van der Waals surface area contributed by atoms with Crippen molar-refractivity contribution < 1.29 is 12.8 Å². The van der Waals surface area contributed by atoms with Gasteiger partial charge in [0.05, 0.1) is 0 Å². The van der Waals surface area contributed by atoms with Crippen LogP contribution < -0.4 is 10.5 Å². The van der Waals surface area contributed by atoms with E-state index in [4.69, 9.17) is 5.73 Å². The number of benzene rings is 2. The predicted molar refractivity (Wildman–Crippen MR) is 85.2 cm³/mol. The van der Waals surface area contributed by atoms with E-state index in [2.05, 4.69) is 20.7 Å². The van der Waals surface area contributed by atoms with E-state index in [1.807, 2.05) is 19.9 Å². The van der Waals surface area contributed by atoms with E-state index in [1.54, 1.807) is 12.1 Å². The van der Waals surface area contributed by atoms with Gasteiger partial charge >= 0.3 is 0 Å². The zero-order chi connectivity index (χ0) is 15.8. The minimum Gasteiger partial charge on any atom is -0.398 e. The fraction of sp³-hybridized carbons (Fsp3) is 0.143. The first-order valence-corrected chi connectivity index (χ1v) is 8.32. The van der Waals surface area contributed by atoms with Crippen molar-refractivity contribution in [3.63, 3.8) is 0 Å². The fourth-order valence-electron chi connectivity index (χ4n) is 1.99. The molecule has 0 aromatic heterocycles. The number of sulfonamides is 1. The molecule has 0 heterocycles. The van der Waals surface area contributed by atoms with Crippen molar-refractivity contribution in [2.24, 2.45) is 0 Å². The standard InChI is InChI=1S/C14H14BrFN2O2S/c1-8-3-9(2)5-10(4-8)18-21(19,20)14-7-13(17)11(15)6-12(14)16/h3-7,18H,17H2,1-2H3. The van der Waals surface area contributed by atoms with Crippen LogP contribution in [-0.4, -0.2) is 8.42 Å². The van der Waals surface area contributed by atoms with E-state index in [1.165, 1.54) is 0 Å². The summed E-state index contributed by atoms with van der Waals surface area (Å²) in [5.74, 6) is -0.868. The van der Waals surface area contributed by atoms with Gasteiger partial charge in [0.2, 0.25) is 0 Å². The molecule has 4 nitrogen and oxygen atoms in total. The monoisotopic (exact) mass is 372 g/mol. The largest absolute Gasteiger partial charge is 0.398 e. The summed E-state index contributed by atoms with van der Waals surface area (Å²) in [6.45, 7) is 3.70. The first-order chi connectivity index (χ1) is 9.69. The number of nitrogens with one attached hydrogen (secondary N) is 1. The Morgan fingerprint density at radius 2 is 1.67 bits per heavy atom. The normalized spacial score (nSPS) is 11.4. The summed E-state index contributed by atoms with van der Waals surface area (Å²) in [6.07, 6.45) is 0. The van der Waals surface area contributed by atoms with E-state index in [0.717, 1.165) is 23.3 Å². The quantitative estimate of drug-likeness (QED) is 0.808. The molecule has 0 unspecified atom stereocenters. The van der Waals surface area contributed by atoms with Crippen molar-refractivity contribution in [2.45, 2.75) is 18.7 Å². The maximum Gasteiger partial charge on any atom is 0.264 e. The average molecular weight is 373 g/mol. The van der Waals surface area contributed by atoms with Gasteiger partial charge in [0.1, 0.15) is 10.7 Å². The van der Waals surface area contributed by atoms with Gasteiger partial charge < -0.3 is 5.73 Å². The maximum atomic E-state index is 13.9. The smallest absolute Gasteiger partial charge is 0.264 e. The van der Waals surface area contributed by atoms with E-state index in [9.17, 15) is 12.8 Å². The van der Waals surface area contributed by atoms with Crippen LogP contribution in [0.1, 0.15) is 11.1 Å². The van der Waals surface area contributed by atoms with E-state index >= 15 is 0 Å². The topological polar surface area (TPSA) is 72.2 Å². The van der Waals surface area contributed by atoms with Crippen molar-refractivity contribution in [1.82, 2.24) is 0 Å². The number of aryl methyl sites for hydroxylation is 2. The van der Waals surface area contributed by atoms with Gasteiger partial charge in [0.15, 0.2) is 0 Å². The summed E-state index contributed by atoms with van der Waals surface area (Å²) in [5.41, 5.74) is 7.97. The Labute approximate surface area is 131 Å². The first kappa shape index (κ1) is 15.8. The zero-order valence-corrected chi connectivity index (χ0v) is 13.8. The highest BCUT2D eigenvalue weighted by Gasteiger charge is 2.21. The van der Waals surface area contributed by atoms with Crippen molar-refractivity contribution in [3.8, 4) is 0 Å². The third-order valence-electron chi connectivity index (χ3n) is 2.81. The maximum absolute atomic E-state index is 13.9. The second kappa shape index (κ2) is 5.65. The van der Waals surface area contributed by atoms with Gasteiger partial charge in [-0.25, -0.2) is 12.8 Å². The van der Waals surface area contributed by atoms with Crippen LogP contribution in [0.3, 0.4) is 0 Å². The number of rotatable bonds is 3. The molecule has 0 aliphatic carbocycles. The summed E-state index contributed by atoms with van der Waals surface area (Å²) < 4.78 is 41.1. The van der Waals surface area contributed by atoms with E-state index in [0.29, 0.717) is 10.2 Å². The summed E-state index contributed by atoms with van der Waals surface area (Å²) in [7, 11) is -4.04. The lowest BCUT2D eigenvalue weighted by Gasteiger charge is -2.11. The lowest BCUT2D eigenvalue weighted by Crippen LogP contribution is -2.15. The summed E-state index contributed by atoms with van der Waals surface area (Å²) in [4.78, 5) is -0.484. The molecule has 7 heteroatoms. The molecule has 112 valence electrons. The van der Waals surface area contributed by atoms with Crippen molar-refractivity contribution in [2.75, 3.05) is 10.5 Å². The minimum atomic E-state index is -4.04. The molecule has 0 atom stereocenters. The molecule has 0 aliphatic heterocycles. The molecule has 0 amide bonds. The molecule has 3 N–H and O–H groups in total. The molecule has 2 aromatic carbocycles. The molecular weight excluding hydrogens is 359 g/mol. The van der Waals surface area contributed by atoms with Crippen LogP contribution in [0.25, 0.3) is 0 Å². The zero-order valence-electron chi connectivity index (χ0n) is 11.4. The molecule has 0 aliphatic rings. The van der Waals surface area contributed by atoms with Gasteiger partial charge in [-0.15, -0.1) is 0 Å². The highest BCUT2D eigenvalue weighted by atomic mass is 79.9. The van der Waals surface area contributed by atoms with Crippen LogP contribution in [0, 0.1) is 19.7 Å². The molecular formula is C14H14BrFN2O2S. The number of hydrogen-bond donors (Lipinski definition) is 2. The van der Waals surface area contributed by atoms with Crippen LogP contribution in [0.4, 0.5) is 15.8 Å². The van der Waals surface area contributed by atoms with Crippen LogP contribution >= 0.6 is 15.9 Å². The van der Waals surface area contributed by atoms with Crippen LogP contribution in [-0.2, 0) is 10.0 Å². The third kappa shape index (κ3) is 3.54. The van der Waals surface area contributed by atoms with Crippen LogP contribution in [0.15, 0.2) is 39.7 Å². The summed E-state index contributed by atoms with van der Waals surface area (Å²) in [5, 5.41) is 0. The van der Waals surface area contributed by atoms with Crippen LogP contribution in [0.5, 0.6) is 0 Å². The Kier molecular flexibility index (Phi) is 4.25. The number of halogens is 2. The summed E-state index contributed by atoms with van der Waals surface area (Å²) in [6, 6.07) is 7.38. The Balaban J connectivity index is 2.45. The van der Waals surface area contributed by atoms with Gasteiger partial charge in [-0.2, -0.15) is 0 Å². The van der Waals surface area contributed by atoms with Crippen molar-refractivity contribution >= 4 is 37.3 Å². The number of anilines is 2. The molecule has 2 rings (SSSR count). The van der Waals surface area contributed by atoms with Crippen molar-refractivity contribution in [1.29, 1.82) is 0 Å². The van der Waals surface area contributed by atoms with Gasteiger partial charge in [0.25, 0.3) is 10.0 Å². The molecule has 0 fully saturated rings. The molecule has 0 saturated heterocycles. The average Bonchev–Trinajstić information content (AvgIpc) is 2.31. The number of nitrogens with two attached hydrogens (primary N) is 1. The molecule has 0 spiro atoms. The van der Waals surface area contributed by atoms with Gasteiger partial charge in [-0.05, 0) is 65.2 Å². The molecule has 21 heavy (non-hydrogen) atoms. The molecule has 0 saturated carbocycles. The molecule has 0 bridgehead atoms. The highest BCUT2D eigenvalue weighted by Crippen LogP contribution is 2.27. The van der Waals surface area contributed by atoms with Gasteiger partial charge in [-0.1, -0.05) is 6.07 Å². The lowest BCUT2D eigenvalue weighted by molar-refractivity contribution is 0.570. The van der Waals surface area contributed by atoms with Crippen LogP contribution in [0.2, 0.25) is 0 Å². The Morgan fingerprint density at radius 1 is 1.10 bits per heavy atom. The number of hydrogen-bond acceptors (Lipinski definition) is 3. The van der Waals surface area contributed by atoms with E-state index in [-0.39, 0.29) is 5.69 Å². The third-order valence-corrected chi connectivity index (χ3v) is 4.90.